The van der Waals surface area contributed by atoms with E-state index in [1.165, 1.54) is 11.3 Å². The third kappa shape index (κ3) is 5.17. The second kappa shape index (κ2) is 8.84. The number of nitrogen functional groups attached to an aromatic ring is 1. The monoisotopic (exact) mass is 314 g/mol. The molecule has 120 valence electrons. The first kappa shape index (κ1) is 17.7. The van der Waals surface area contributed by atoms with Gasteiger partial charge < -0.3 is 21.1 Å². The Balaban J connectivity index is 2.64. The molecule has 0 aliphatic heterocycles. The van der Waals surface area contributed by atoms with Gasteiger partial charge in [0.15, 0.2) is 5.13 Å². The number of nitrogens with one attached hydrogen (secondary N) is 1. The summed E-state index contributed by atoms with van der Waals surface area (Å²) < 4.78 is 0. The number of rotatable bonds is 9. The average Bonchev–Trinajstić information content (AvgIpc) is 2.86. The molecule has 7 heteroatoms. The van der Waals surface area contributed by atoms with E-state index in [2.05, 4.69) is 17.2 Å². The highest BCUT2D eigenvalue weighted by molar-refractivity contribution is 7.18. The highest BCUT2D eigenvalue weighted by Crippen LogP contribution is 2.27. The second-order valence-corrected chi connectivity index (χ2v) is 6.08. The van der Waals surface area contributed by atoms with E-state index in [0.717, 1.165) is 24.5 Å². The predicted molar refractivity (Wildman–Crippen MR) is 87.9 cm³/mol. The van der Waals surface area contributed by atoms with Crippen LogP contribution in [0.5, 0.6) is 0 Å². The molecule has 0 saturated carbocycles. The number of thiazole rings is 1. The fourth-order valence-corrected chi connectivity index (χ4v) is 2.96. The van der Waals surface area contributed by atoms with E-state index in [0.29, 0.717) is 23.8 Å². The SMILES string of the molecule is CCCC(CCO)CNC(=O)c1sc(N(C)CC)nc1N. The van der Waals surface area contributed by atoms with Gasteiger partial charge in [0.1, 0.15) is 10.7 Å². The zero-order valence-corrected chi connectivity index (χ0v) is 13.9. The molecule has 1 rings (SSSR count). The molecule has 6 nitrogen and oxygen atoms in total. The first-order valence-electron chi connectivity index (χ1n) is 7.39. The minimum absolute atomic E-state index is 0.147. The van der Waals surface area contributed by atoms with Crippen molar-refractivity contribution in [2.75, 3.05) is 37.4 Å². The molecule has 21 heavy (non-hydrogen) atoms. The molecular weight excluding hydrogens is 288 g/mol. The Labute approximate surface area is 130 Å². The largest absolute Gasteiger partial charge is 0.396 e. The highest BCUT2D eigenvalue weighted by Gasteiger charge is 2.18. The number of carbonyl (C=O) groups excluding carboxylic acids is 1. The second-order valence-electron chi connectivity index (χ2n) is 5.10. The van der Waals surface area contributed by atoms with Gasteiger partial charge in [-0.25, -0.2) is 4.98 Å². The number of hydrogen-bond acceptors (Lipinski definition) is 6. The number of aliphatic hydroxyl groups excluding tert-OH is 1. The molecule has 0 saturated heterocycles. The van der Waals surface area contributed by atoms with Crippen molar-refractivity contribution in [2.45, 2.75) is 33.1 Å². The van der Waals surface area contributed by atoms with Crippen LogP contribution in [0.2, 0.25) is 0 Å². The fourth-order valence-electron chi connectivity index (χ4n) is 2.04. The number of nitrogens with zero attached hydrogens (tertiary/aromatic N) is 2. The molecule has 1 aromatic rings. The van der Waals surface area contributed by atoms with Crippen LogP contribution in [0.3, 0.4) is 0 Å². The standard InChI is InChI=1S/C14H26N4O2S/c1-4-6-10(7-8-19)9-16-13(20)11-12(15)17-14(21-11)18(3)5-2/h10,19H,4-9,15H2,1-3H3,(H,16,20). The molecule has 0 aliphatic carbocycles. The molecule has 0 aromatic carbocycles. The van der Waals surface area contributed by atoms with Gasteiger partial charge in [-0.05, 0) is 25.7 Å². The maximum Gasteiger partial charge on any atom is 0.265 e. The summed E-state index contributed by atoms with van der Waals surface area (Å²) in [5.41, 5.74) is 5.83. The quantitative estimate of drug-likeness (QED) is 0.645. The number of carbonyl (C=O) groups is 1. The normalized spacial score (nSPS) is 12.2. The molecule has 0 bridgehead atoms. The van der Waals surface area contributed by atoms with Gasteiger partial charge in [0.05, 0.1) is 0 Å². The van der Waals surface area contributed by atoms with E-state index < -0.39 is 0 Å². The Morgan fingerprint density at radius 2 is 2.19 bits per heavy atom. The first-order chi connectivity index (χ1) is 10.0. The lowest BCUT2D eigenvalue weighted by Gasteiger charge is -2.15. The van der Waals surface area contributed by atoms with Crippen LogP contribution >= 0.6 is 11.3 Å². The number of aliphatic hydroxyl groups is 1. The molecule has 1 amide bonds. The summed E-state index contributed by atoms with van der Waals surface area (Å²) in [7, 11) is 1.92. The maximum absolute atomic E-state index is 12.2. The zero-order chi connectivity index (χ0) is 15.8. The van der Waals surface area contributed by atoms with Crippen LogP contribution in [0.4, 0.5) is 10.9 Å². The van der Waals surface area contributed by atoms with Crippen molar-refractivity contribution < 1.29 is 9.90 Å². The van der Waals surface area contributed by atoms with Crippen molar-refractivity contribution in [1.82, 2.24) is 10.3 Å². The van der Waals surface area contributed by atoms with Gasteiger partial charge in [0.2, 0.25) is 0 Å². The minimum atomic E-state index is -0.181. The van der Waals surface area contributed by atoms with Crippen LogP contribution in [0, 0.1) is 5.92 Å². The fraction of sp³-hybridized carbons (Fsp3) is 0.714. The third-order valence-corrected chi connectivity index (χ3v) is 4.62. The molecule has 4 N–H and O–H groups in total. The van der Waals surface area contributed by atoms with Crippen LogP contribution in [0.25, 0.3) is 0 Å². The molecule has 0 radical (unpaired) electrons. The van der Waals surface area contributed by atoms with Crippen molar-refractivity contribution in [3.63, 3.8) is 0 Å². The van der Waals surface area contributed by atoms with E-state index in [-0.39, 0.29) is 18.3 Å². The van der Waals surface area contributed by atoms with Crippen molar-refractivity contribution in [3.05, 3.63) is 4.88 Å². The van der Waals surface area contributed by atoms with E-state index in [1.807, 2.05) is 18.9 Å². The summed E-state index contributed by atoms with van der Waals surface area (Å²) in [4.78, 5) is 18.8. The van der Waals surface area contributed by atoms with Gasteiger partial charge in [-0.15, -0.1) is 0 Å². The van der Waals surface area contributed by atoms with Crippen LogP contribution < -0.4 is 16.0 Å². The van der Waals surface area contributed by atoms with Gasteiger partial charge >= 0.3 is 0 Å². The van der Waals surface area contributed by atoms with Gasteiger partial charge in [0, 0.05) is 26.7 Å². The Hall–Kier alpha value is -1.34. The summed E-state index contributed by atoms with van der Waals surface area (Å²) in [6, 6.07) is 0. The smallest absolute Gasteiger partial charge is 0.265 e. The van der Waals surface area contributed by atoms with Crippen LogP contribution in [-0.4, -0.2) is 42.7 Å². The lowest BCUT2D eigenvalue weighted by molar-refractivity contribution is 0.0947. The summed E-state index contributed by atoms with van der Waals surface area (Å²) in [5, 5.41) is 12.7. The molecule has 1 aromatic heterocycles. The first-order valence-corrected chi connectivity index (χ1v) is 8.21. The number of amides is 1. The number of hydrogen-bond donors (Lipinski definition) is 3. The predicted octanol–water partition coefficient (Wildman–Crippen LogP) is 1.71. The van der Waals surface area contributed by atoms with Gasteiger partial charge in [-0.2, -0.15) is 0 Å². The summed E-state index contributed by atoms with van der Waals surface area (Å²) in [5.74, 6) is 0.401. The van der Waals surface area contributed by atoms with Crippen LogP contribution in [0.1, 0.15) is 42.8 Å². The van der Waals surface area contributed by atoms with Crippen molar-refractivity contribution in [2.24, 2.45) is 5.92 Å². The van der Waals surface area contributed by atoms with E-state index in [4.69, 9.17) is 10.8 Å². The lowest BCUT2D eigenvalue weighted by Crippen LogP contribution is -2.29. The molecule has 0 spiro atoms. The Bertz CT molecular complexity index is 444. The van der Waals surface area contributed by atoms with E-state index in [1.54, 1.807) is 0 Å². The van der Waals surface area contributed by atoms with Crippen LogP contribution in [0.15, 0.2) is 0 Å². The molecule has 1 heterocycles. The number of aromatic nitrogens is 1. The molecule has 0 aliphatic rings. The molecular formula is C14H26N4O2S. The van der Waals surface area contributed by atoms with Crippen molar-refractivity contribution >= 4 is 28.2 Å². The number of anilines is 2. The lowest BCUT2D eigenvalue weighted by atomic mass is 10.0. The Morgan fingerprint density at radius 1 is 1.48 bits per heavy atom. The summed E-state index contributed by atoms with van der Waals surface area (Å²) >= 11 is 1.31. The Kier molecular flexibility index (Phi) is 7.45. The van der Waals surface area contributed by atoms with E-state index >= 15 is 0 Å². The zero-order valence-electron chi connectivity index (χ0n) is 13.1. The average molecular weight is 314 g/mol. The van der Waals surface area contributed by atoms with Gasteiger partial charge in [-0.1, -0.05) is 24.7 Å². The van der Waals surface area contributed by atoms with E-state index in [9.17, 15) is 4.79 Å². The topological polar surface area (TPSA) is 91.5 Å². The summed E-state index contributed by atoms with van der Waals surface area (Å²) in [6.45, 7) is 5.63. The summed E-state index contributed by atoms with van der Waals surface area (Å²) in [6.07, 6.45) is 2.73. The minimum Gasteiger partial charge on any atom is -0.396 e. The molecule has 1 unspecified atom stereocenters. The van der Waals surface area contributed by atoms with Crippen molar-refractivity contribution in [3.8, 4) is 0 Å². The highest BCUT2D eigenvalue weighted by atomic mass is 32.1. The number of nitrogens with two attached hydrogens (primary N) is 1. The maximum atomic E-state index is 12.2. The van der Waals surface area contributed by atoms with Crippen LogP contribution in [-0.2, 0) is 0 Å². The molecule has 1 atom stereocenters. The van der Waals surface area contributed by atoms with Gasteiger partial charge in [0.25, 0.3) is 5.91 Å². The Morgan fingerprint density at radius 3 is 2.76 bits per heavy atom. The van der Waals surface area contributed by atoms with Gasteiger partial charge in [-0.3, -0.25) is 4.79 Å². The molecule has 0 fully saturated rings. The van der Waals surface area contributed by atoms with Crippen molar-refractivity contribution in [1.29, 1.82) is 0 Å². The third-order valence-electron chi connectivity index (χ3n) is 3.43.